The Bertz CT molecular complexity index is 1330. The molecule has 8 heteroatoms. The second-order valence-electron chi connectivity index (χ2n) is 7.86. The lowest BCUT2D eigenvalue weighted by Crippen LogP contribution is -2.34. The van der Waals surface area contributed by atoms with Crippen LogP contribution in [0, 0.1) is 0 Å². The summed E-state index contributed by atoms with van der Waals surface area (Å²) in [6.45, 7) is 0.323. The number of amides is 1. The van der Waals surface area contributed by atoms with Gasteiger partial charge < -0.3 is 5.32 Å². The van der Waals surface area contributed by atoms with E-state index in [-0.39, 0.29) is 5.91 Å². The summed E-state index contributed by atoms with van der Waals surface area (Å²) in [6.07, 6.45) is 3.91. The van der Waals surface area contributed by atoms with Gasteiger partial charge in [-0.15, -0.1) is 5.10 Å². The van der Waals surface area contributed by atoms with E-state index in [1.54, 1.807) is 0 Å². The highest BCUT2D eigenvalue weighted by atomic mass is 16.2. The molecule has 3 aromatic carbocycles. The fourth-order valence-electron chi connectivity index (χ4n) is 3.85. The molecular formula is C26H23N7O. The molecule has 34 heavy (non-hydrogen) atoms. The molecule has 5 aromatic rings. The number of carbonyl (C=O) groups is 1. The third-order valence-corrected chi connectivity index (χ3v) is 5.57. The van der Waals surface area contributed by atoms with Crippen LogP contribution in [0.1, 0.15) is 17.2 Å². The number of rotatable bonds is 8. The molecule has 0 aliphatic heterocycles. The number of nitrogens with one attached hydrogen (secondary N) is 1. The molecule has 2 aromatic heterocycles. The van der Waals surface area contributed by atoms with Crippen LogP contribution < -0.4 is 5.32 Å². The largest absolute Gasteiger partial charge is 0.350 e. The number of para-hydroxylation sites is 1. The van der Waals surface area contributed by atoms with E-state index < -0.39 is 6.04 Å². The van der Waals surface area contributed by atoms with E-state index in [4.69, 9.17) is 5.10 Å². The van der Waals surface area contributed by atoms with Gasteiger partial charge >= 0.3 is 0 Å². The van der Waals surface area contributed by atoms with Crippen molar-refractivity contribution in [2.45, 2.75) is 19.0 Å². The molecule has 1 N–H and O–H groups in total. The van der Waals surface area contributed by atoms with Crippen molar-refractivity contribution in [3.8, 4) is 16.9 Å². The van der Waals surface area contributed by atoms with Crippen LogP contribution in [-0.2, 0) is 17.8 Å². The topological polar surface area (TPSA) is 90.5 Å². The zero-order chi connectivity index (χ0) is 23.2. The van der Waals surface area contributed by atoms with Crippen LogP contribution in [0.3, 0.4) is 0 Å². The van der Waals surface area contributed by atoms with Crippen molar-refractivity contribution in [2.75, 3.05) is 0 Å². The Balaban J connectivity index is 1.41. The minimum absolute atomic E-state index is 0.164. The van der Waals surface area contributed by atoms with Crippen molar-refractivity contribution in [1.82, 2.24) is 35.3 Å². The Hall–Kier alpha value is -4.59. The van der Waals surface area contributed by atoms with Gasteiger partial charge in [0, 0.05) is 30.3 Å². The molecule has 0 fully saturated rings. The molecule has 168 valence electrons. The number of hydrogen-bond donors (Lipinski definition) is 1. The predicted molar refractivity (Wildman–Crippen MR) is 128 cm³/mol. The first kappa shape index (κ1) is 21.3. The fourth-order valence-corrected chi connectivity index (χ4v) is 3.85. The minimum atomic E-state index is -0.568. The standard InChI is InChI=1S/C26H23N7O/c34-26(24(33-19-28-30-31-33)16-20-10-4-1-5-11-20)27-17-22-18-32(23-14-8-3-9-15-23)29-25(22)21-12-6-2-7-13-21/h1-15,18-19,24H,16-17H2,(H,27,34)/t24-/m1/s1. The van der Waals surface area contributed by atoms with E-state index in [0.717, 1.165) is 28.1 Å². The van der Waals surface area contributed by atoms with Gasteiger partial charge in [-0.3, -0.25) is 4.79 Å². The van der Waals surface area contributed by atoms with E-state index in [1.807, 2.05) is 102 Å². The van der Waals surface area contributed by atoms with Crippen LogP contribution in [0.15, 0.2) is 104 Å². The first-order valence-corrected chi connectivity index (χ1v) is 11.0. The first-order chi connectivity index (χ1) is 16.8. The summed E-state index contributed by atoms with van der Waals surface area (Å²) < 4.78 is 3.33. The number of nitrogens with zero attached hydrogens (tertiary/aromatic N) is 6. The van der Waals surface area contributed by atoms with Gasteiger partial charge in [0.05, 0.1) is 11.4 Å². The summed E-state index contributed by atoms with van der Waals surface area (Å²) in [5.74, 6) is -0.164. The molecule has 1 amide bonds. The SMILES string of the molecule is O=C(NCc1cn(-c2ccccc2)nc1-c1ccccc1)[C@@H](Cc1ccccc1)n1cnnn1. The first-order valence-electron chi connectivity index (χ1n) is 11.0. The van der Waals surface area contributed by atoms with Crippen LogP contribution in [0.4, 0.5) is 0 Å². The van der Waals surface area contributed by atoms with Gasteiger partial charge in [0.15, 0.2) is 0 Å². The van der Waals surface area contributed by atoms with E-state index in [9.17, 15) is 4.79 Å². The van der Waals surface area contributed by atoms with Crippen LogP contribution in [0.2, 0.25) is 0 Å². The summed E-state index contributed by atoms with van der Waals surface area (Å²) >= 11 is 0. The average Bonchev–Trinajstić information content (AvgIpc) is 3.58. The van der Waals surface area contributed by atoms with Gasteiger partial charge in [-0.05, 0) is 28.1 Å². The Morgan fingerprint density at radius 2 is 1.56 bits per heavy atom. The summed E-state index contributed by atoms with van der Waals surface area (Å²) in [5, 5.41) is 19.3. The van der Waals surface area contributed by atoms with Gasteiger partial charge in [-0.25, -0.2) is 9.36 Å². The van der Waals surface area contributed by atoms with Gasteiger partial charge in [0.1, 0.15) is 12.4 Å². The Morgan fingerprint density at radius 1 is 0.882 bits per heavy atom. The molecule has 0 spiro atoms. The number of tetrazole rings is 1. The third kappa shape index (κ3) is 4.75. The number of hydrogen-bond acceptors (Lipinski definition) is 5. The number of carbonyl (C=O) groups excluding carboxylic acids is 1. The van der Waals surface area contributed by atoms with Crippen LogP contribution >= 0.6 is 0 Å². The van der Waals surface area contributed by atoms with Gasteiger partial charge in [-0.1, -0.05) is 78.9 Å². The Labute approximate surface area is 196 Å². The smallest absolute Gasteiger partial charge is 0.245 e. The van der Waals surface area contributed by atoms with Crippen molar-refractivity contribution < 1.29 is 4.79 Å². The highest BCUT2D eigenvalue weighted by Gasteiger charge is 2.23. The molecular weight excluding hydrogens is 426 g/mol. The molecule has 2 heterocycles. The van der Waals surface area contributed by atoms with Crippen molar-refractivity contribution in [3.05, 3.63) is 115 Å². The summed E-state index contributed by atoms with van der Waals surface area (Å²) in [6, 6.07) is 29.1. The van der Waals surface area contributed by atoms with Crippen molar-refractivity contribution >= 4 is 5.91 Å². The van der Waals surface area contributed by atoms with E-state index in [2.05, 4.69) is 20.8 Å². The zero-order valence-corrected chi connectivity index (χ0v) is 18.4. The molecule has 5 rings (SSSR count). The molecule has 1 atom stereocenters. The molecule has 8 nitrogen and oxygen atoms in total. The lowest BCUT2D eigenvalue weighted by molar-refractivity contribution is -0.124. The quantitative estimate of drug-likeness (QED) is 0.391. The lowest BCUT2D eigenvalue weighted by Gasteiger charge is -2.16. The molecule has 0 radical (unpaired) electrons. The summed E-state index contributed by atoms with van der Waals surface area (Å²) in [5.41, 5.74) is 4.71. The molecule has 0 aliphatic rings. The molecule has 0 aliphatic carbocycles. The van der Waals surface area contributed by atoms with E-state index in [1.165, 1.54) is 11.0 Å². The van der Waals surface area contributed by atoms with Crippen LogP contribution in [-0.4, -0.2) is 35.9 Å². The molecule has 0 bridgehead atoms. The normalized spacial score (nSPS) is 11.8. The van der Waals surface area contributed by atoms with E-state index >= 15 is 0 Å². The maximum absolute atomic E-state index is 13.3. The Morgan fingerprint density at radius 3 is 2.24 bits per heavy atom. The second kappa shape index (κ2) is 9.91. The van der Waals surface area contributed by atoms with Gasteiger partial charge in [0.2, 0.25) is 5.91 Å². The number of aromatic nitrogens is 6. The molecule has 0 saturated carbocycles. The number of benzene rings is 3. The van der Waals surface area contributed by atoms with Crippen LogP contribution in [0.5, 0.6) is 0 Å². The average molecular weight is 450 g/mol. The third-order valence-electron chi connectivity index (χ3n) is 5.57. The predicted octanol–water partition coefficient (Wildman–Crippen LogP) is 3.63. The Kier molecular flexibility index (Phi) is 6.20. The highest BCUT2D eigenvalue weighted by molar-refractivity contribution is 5.80. The van der Waals surface area contributed by atoms with Crippen molar-refractivity contribution in [1.29, 1.82) is 0 Å². The molecule has 0 unspecified atom stereocenters. The van der Waals surface area contributed by atoms with Crippen molar-refractivity contribution in [2.24, 2.45) is 0 Å². The van der Waals surface area contributed by atoms with Crippen LogP contribution in [0.25, 0.3) is 16.9 Å². The van der Waals surface area contributed by atoms with E-state index in [0.29, 0.717) is 13.0 Å². The summed E-state index contributed by atoms with van der Waals surface area (Å²) in [4.78, 5) is 13.3. The minimum Gasteiger partial charge on any atom is -0.350 e. The van der Waals surface area contributed by atoms with Gasteiger partial charge in [-0.2, -0.15) is 5.10 Å². The lowest BCUT2D eigenvalue weighted by atomic mass is 10.0. The summed E-state index contributed by atoms with van der Waals surface area (Å²) in [7, 11) is 0. The van der Waals surface area contributed by atoms with Crippen molar-refractivity contribution in [3.63, 3.8) is 0 Å². The monoisotopic (exact) mass is 449 g/mol. The zero-order valence-electron chi connectivity index (χ0n) is 18.4. The maximum atomic E-state index is 13.3. The molecule has 0 saturated heterocycles. The second-order valence-corrected chi connectivity index (χ2v) is 7.86. The fraction of sp³-hybridized carbons (Fsp3) is 0.115. The van der Waals surface area contributed by atoms with Gasteiger partial charge in [0.25, 0.3) is 0 Å². The highest BCUT2D eigenvalue weighted by Crippen LogP contribution is 2.24. The maximum Gasteiger partial charge on any atom is 0.245 e.